The molecule has 0 saturated carbocycles. The summed E-state index contributed by atoms with van der Waals surface area (Å²) in [6.45, 7) is 0.376. The van der Waals surface area contributed by atoms with E-state index < -0.39 is 0 Å². The lowest BCUT2D eigenvalue weighted by Gasteiger charge is -2.18. The maximum atomic E-state index is 13.1. The largest absolute Gasteiger partial charge is 0.280 e. The van der Waals surface area contributed by atoms with Gasteiger partial charge in [-0.1, -0.05) is 63.1 Å². The van der Waals surface area contributed by atoms with E-state index in [9.17, 15) is 4.79 Å². The Morgan fingerprint density at radius 3 is 2.83 bits per heavy atom. The number of hydrogen-bond acceptors (Lipinski definition) is 4. The van der Waals surface area contributed by atoms with Gasteiger partial charge in [0.25, 0.3) is 5.91 Å². The molecule has 2 aromatic heterocycles. The molecule has 0 N–H and O–H groups in total. The maximum Gasteiger partial charge on any atom is 0.253 e. The van der Waals surface area contributed by atoms with Crippen molar-refractivity contribution in [1.82, 2.24) is 9.97 Å². The van der Waals surface area contributed by atoms with Gasteiger partial charge in [-0.25, -0.2) is 4.98 Å². The van der Waals surface area contributed by atoms with Gasteiger partial charge in [0.15, 0.2) is 5.13 Å². The molecule has 4 rings (SSSR count). The molecule has 144 valence electrons. The van der Waals surface area contributed by atoms with E-state index in [1.165, 1.54) is 17.4 Å². The van der Waals surface area contributed by atoms with Crippen molar-refractivity contribution in [2.45, 2.75) is 6.54 Å². The van der Waals surface area contributed by atoms with Crippen molar-refractivity contribution in [1.29, 1.82) is 0 Å². The zero-order chi connectivity index (χ0) is 20.2. The highest BCUT2D eigenvalue weighted by molar-refractivity contribution is 9.10. The van der Waals surface area contributed by atoms with Crippen LogP contribution in [-0.4, -0.2) is 15.9 Å². The highest BCUT2D eigenvalue weighted by Gasteiger charge is 2.19. The molecule has 0 aliphatic heterocycles. The van der Waals surface area contributed by atoms with Crippen molar-refractivity contribution in [2.24, 2.45) is 0 Å². The quantitative estimate of drug-likeness (QED) is 0.310. The molecule has 0 radical (unpaired) electrons. The van der Waals surface area contributed by atoms with E-state index in [1.54, 1.807) is 29.4 Å². The molecular weight excluding hydrogens is 470 g/mol. The summed E-state index contributed by atoms with van der Waals surface area (Å²) >= 11 is 11.2. The minimum Gasteiger partial charge on any atom is -0.280 e. The second-order valence-corrected chi connectivity index (χ2v) is 8.58. The molecule has 2 aromatic carbocycles. The number of hydrogen-bond donors (Lipinski definition) is 0. The number of nitrogens with zero attached hydrogens (tertiary/aromatic N) is 3. The molecule has 0 spiro atoms. The van der Waals surface area contributed by atoms with Crippen molar-refractivity contribution >= 4 is 66.2 Å². The molecular formula is C22H15BrClN3OS. The molecule has 1 amide bonds. The van der Waals surface area contributed by atoms with E-state index in [1.807, 2.05) is 48.5 Å². The minimum absolute atomic E-state index is 0.174. The molecule has 0 aliphatic rings. The van der Waals surface area contributed by atoms with Crippen LogP contribution in [0.3, 0.4) is 0 Å². The Labute approximate surface area is 185 Å². The van der Waals surface area contributed by atoms with Gasteiger partial charge in [0, 0.05) is 28.0 Å². The van der Waals surface area contributed by atoms with Crippen LogP contribution < -0.4 is 4.90 Å². The lowest BCUT2D eigenvalue weighted by molar-refractivity contribution is -0.114. The fourth-order valence-electron chi connectivity index (χ4n) is 2.78. The number of carbonyl (C=O) groups is 1. The fourth-order valence-corrected chi connectivity index (χ4v) is 4.50. The summed E-state index contributed by atoms with van der Waals surface area (Å²) in [6.07, 6.45) is 6.72. The van der Waals surface area contributed by atoms with Crippen molar-refractivity contribution in [3.05, 3.63) is 93.7 Å². The minimum atomic E-state index is -0.174. The van der Waals surface area contributed by atoms with Crippen molar-refractivity contribution in [3.8, 4) is 0 Å². The van der Waals surface area contributed by atoms with Gasteiger partial charge in [0.1, 0.15) is 0 Å². The summed E-state index contributed by atoms with van der Waals surface area (Å²) in [5.74, 6) is -0.174. The molecule has 29 heavy (non-hydrogen) atoms. The number of halogens is 2. The lowest BCUT2D eigenvalue weighted by atomic mass is 10.2. The van der Waals surface area contributed by atoms with Gasteiger partial charge in [-0.3, -0.25) is 14.7 Å². The van der Waals surface area contributed by atoms with Gasteiger partial charge in [-0.05, 0) is 47.5 Å². The van der Waals surface area contributed by atoms with E-state index in [0.29, 0.717) is 16.7 Å². The SMILES string of the molecule is O=C(/C=C/c1ccccc1Cl)N(Cc1cccnc1)c1nc2ccc(Br)cc2s1. The zero-order valence-electron chi connectivity index (χ0n) is 15.1. The van der Waals surface area contributed by atoms with Crippen molar-refractivity contribution in [2.75, 3.05) is 4.90 Å². The Morgan fingerprint density at radius 1 is 1.17 bits per heavy atom. The highest BCUT2D eigenvalue weighted by Crippen LogP contribution is 2.32. The van der Waals surface area contributed by atoms with Crippen LogP contribution >= 0.6 is 38.9 Å². The Hall–Kier alpha value is -2.54. The summed E-state index contributed by atoms with van der Waals surface area (Å²) < 4.78 is 1.98. The summed E-state index contributed by atoms with van der Waals surface area (Å²) in [5.41, 5.74) is 2.57. The first-order chi connectivity index (χ1) is 14.1. The second kappa shape index (κ2) is 8.86. The summed E-state index contributed by atoms with van der Waals surface area (Å²) in [6, 6.07) is 17.1. The summed E-state index contributed by atoms with van der Waals surface area (Å²) in [5, 5.41) is 1.23. The molecule has 4 aromatic rings. The van der Waals surface area contributed by atoms with E-state index in [0.717, 1.165) is 25.8 Å². The van der Waals surface area contributed by atoms with E-state index in [2.05, 4.69) is 25.9 Å². The predicted molar refractivity (Wildman–Crippen MR) is 123 cm³/mol. The van der Waals surface area contributed by atoms with Gasteiger partial charge < -0.3 is 0 Å². The highest BCUT2D eigenvalue weighted by atomic mass is 79.9. The number of amides is 1. The van der Waals surface area contributed by atoms with Crippen LogP contribution in [0, 0.1) is 0 Å². The topological polar surface area (TPSA) is 46.1 Å². The summed E-state index contributed by atoms with van der Waals surface area (Å²) in [4.78, 5) is 23.6. The van der Waals surface area contributed by atoms with Gasteiger partial charge >= 0.3 is 0 Å². The van der Waals surface area contributed by atoms with Crippen LogP contribution in [0.1, 0.15) is 11.1 Å². The Morgan fingerprint density at radius 2 is 2.03 bits per heavy atom. The van der Waals surface area contributed by atoms with E-state index in [-0.39, 0.29) is 5.91 Å². The number of pyridine rings is 1. The Balaban J connectivity index is 1.69. The number of thiazole rings is 1. The molecule has 0 atom stereocenters. The number of benzene rings is 2. The normalized spacial score (nSPS) is 11.2. The first-order valence-corrected chi connectivity index (χ1v) is 10.8. The molecule has 7 heteroatoms. The molecule has 0 aliphatic carbocycles. The molecule has 2 heterocycles. The fraction of sp³-hybridized carbons (Fsp3) is 0.0455. The van der Waals surface area contributed by atoms with Gasteiger partial charge in [0.05, 0.1) is 16.8 Å². The molecule has 0 saturated heterocycles. The predicted octanol–water partition coefficient (Wildman–Crippen LogP) is 6.35. The van der Waals surface area contributed by atoms with Crippen LogP contribution in [0.25, 0.3) is 16.3 Å². The Kier molecular flexibility index (Phi) is 6.04. The van der Waals surface area contributed by atoms with Gasteiger partial charge in [0.2, 0.25) is 0 Å². The second-order valence-electron chi connectivity index (χ2n) is 6.25. The summed E-state index contributed by atoms with van der Waals surface area (Å²) in [7, 11) is 0. The third-order valence-electron chi connectivity index (χ3n) is 4.21. The number of rotatable bonds is 5. The van der Waals surface area contributed by atoms with Crippen molar-refractivity contribution in [3.63, 3.8) is 0 Å². The molecule has 4 nitrogen and oxygen atoms in total. The number of aromatic nitrogens is 2. The lowest BCUT2D eigenvalue weighted by Crippen LogP contribution is -2.28. The average molecular weight is 485 g/mol. The van der Waals surface area contributed by atoms with Crippen LogP contribution in [-0.2, 0) is 11.3 Å². The number of carbonyl (C=O) groups excluding carboxylic acids is 1. The smallest absolute Gasteiger partial charge is 0.253 e. The van der Waals surface area contributed by atoms with Crippen LogP contribution in [0.5, 0.6) is 0 Å². The van der Waals surface area contributed by atoms with Gasteiger partial charge in [-0.2, -0.15) is 0 Å². The number of fused-ring (bicyclic) bond motifs is 1. The molecule has 0 unspecified atom stereocenters. The Bertz CT molecular complexity index is 1190. The monoisotopic (exact) mass is 483 g/mol. The first kappa shape index (κ1) is 19.8. The van der Waals surface area contributed by atoms with Gasteiger partial charge in [-0.15, -0.1) is 0 Å². The zero-order valence-corrected chi connectivity index (χ0v) is 18.3. The molecule has 0 fully saturated rings. The first-order valence-electron chi connectivity index (χ1n) is 8.79. The van der Waals surface area contributed by atoms with E-state index >= 15 is 0 Å². The molecule has 0 bridgehead atoms. The third kappa shape index (κ3) is 4.72. The maximum absolute atomic E-state index is 13.1. The number of anilines is 1. The third-order valence-corrected chi connectivity index (χ3v) is 6.09. The average Bonchev–Trinajstić information content (AvgIpc) is 3.14. The van der Waals surface area contributed by atoms with Crippen LogP contribution in [0.15, 0.2) is 77.5 Å². The van der Waals surface area contributed by atoms with Crippen LogP contribution in [0.4, 0.5) is 5.13 Å². The standard InChI is InChI=1S/C22H15BrClN3OS/c23-17-8-9-19-20(12-17)29-22(26-19)27(14-15-4-3-11-25-13-15)21(28)10-7-16-5-1-2-6-18(16)24/h1-13H,14H2/b10-7+. The van der Waals surface area contributed by atoms with Crippen molar-refractivity contribution < 1.29 is 4.79 Å². The van der Waals surface area contributed by atoms with Crippen LogP contribution in [0.2, 0.25) is 5.02 Å². The van der Waals surface area contributed by atoms with E-state index in [4.69, 9.17) is 11.6 Å².